The molecule has 1 N–H and O–H groups in total. The first kappa shape index (κ1) is 20.9. The fourth-order valence-corrected chi connectivity index (χ4v) is 4.11. The average molecular weight is 421 g/mol. The van der Waals surface area contributed by atoms with Crippen LogP contribution in [-0.2, 0) is 4.74 Å². The maximum atomic E-state index is 13.3. The van der Waals surface area contributed by atoms with Gasteiger partial charge in [-0.1, -0.05) is 35.9 Å². The van der Waals surface area contributed by atoms with E-state index in [1.165, 1.54) is 5.56 Å². The third-order valence-electron chi connectivity index (χ3n) is 5.66. The van der Waals surface area contributed by atoms with Crippen molar-refractivity contribution in [2.24, 2.45) is 0 Å². The molecule has 31 heavy (non-hydrogen) atoms. The topological polar surface area (TPSA) is 76.7 Å². The summed E-state index contributed by atoms with van der Waals surface area (Å²) in [4.78, 5) is 15.2. The van der Waals surface area contributed by atoms with E-state index in [0.717, 1.165) is 28.8 Å². The minimum atomic E-state index is -0.283. The number of nitrogens with zero attached hydrogens (tertiary/aromatic N) is 2. The number of aromatic nitrogens is 2. The molecule has 1 aromatic heterocycles. The maximum absolute atomic E-state index is 13.3. The van der Waals surface area contributed by atoms with Crippen molar-refractivity contribution in [3.05, 3.63) is 64.8 Å². The van der Waals surface area contributed by atoms with Gasteiger partial charge in [-0.25, -0.2) is 0 Å². The van der Waals surface area contributed by atoms with Gasteiger partial charge in [-0.3, -0.25) is 9.89 Å². The number of rotatable bonds is 8. The normalized spacial score (nSPS) is 15.3. The Labute approximate surface area is 181 Å². The van der Waals surface area contributed by atoms with Crippen molar-refractivity contribution < 1.29 is 19.0 Å². The van der Waals surface area contributed by atoms with Crippen molar-refractivity contribution in [2.75, 3.05) is 34.5 Å². The molecule has 4 rings (SSSR count). The summed E-state index contributed by atoms with van der Waals surface area (Å²) >= 11 is 0. The molecule has 2 aromatic carbocycles. The Morgan fingerprint density at radius 3 is 2.45 bits per heavy atom. The summed E-state index contributed by atoms with van der Waals surface area (Å²) in [5, 5.41) is 7.51. The van der Waals surface area contributed by atoms with Gasteiger partial charge >= 0.3 is 0 Å². The summed E-state index contributed by atoms with van der Waals surface area (Å²) in [5.74, 6) is 1.21. The number of fused-ring (bicyclic) bond motifs is 1. The summed E-state index contributed by atoms with van der Waals surface area (Å²) in [7, 11) is 4.88. The number of amides is 1. The lowest BCUT2D eigenvalue weighted by Gasteiger charge is -2.27. The predicted molar refractivity (Wildman–Crippen MR) is 118 cm³/mol. The van der Waals surface area contributed by atoms with Crippen LogP contribution < -0.4 is 9.47 Å². The van der Waals surface area contributed by atoms with Crippen molar-refractivity contribution in [3.63, 3.8) is 0 Å². The van der Waals surface area contributed by atoms with Gasteiger partial charge in [0.1, 0.15) is 5.69 Å². The summed E-state index contributed by atoms with van der Waals surface area (Å²) < 4.78 is 16.1. The standard InChI is InChI=1S/C24H27N3O4/c1-15-6-8-16(9-7-15)21-20-22(26-25-21)24(28)27(12-5-13-29-2)23(20)17-10-11-18(30-3)19(14-17)31-4/h6-11,14,23H,5,12-13H2,1-4H3,(H,25,26). The van der Waals surface area contributed by atoms with Gasteiger partial charge in [-0.2, -0.15) is 5.10 Å². The van der Waals surface area contributed by atoms with Crippen molar-refractivity contribution in [3.8, 4) is 22.8 Å². The number of carbonyl (C=O) groups is 1. The molecule has 1 aliphatic rings. The van der Waals surface area contributed by atoms with E-state index in [1.807, 2.05) is 42.2 Å². The van der Waals surface area contributed by atoms with E-state index in [4.69, 9.17) is 14.2 Å². The molecule has 1 atom stereocenters. The Morgan fingerprint density at radius 1 is 1.03 bits per heavy atom. The first-order chi connectivity index (χ1) is 15.1. The van der Waals surface area contributed by atoms with Crippen LogP contribution in [0, 0.1) is 6.92 Å². The molecule has 0 fully saturated rings. The quantitative estimate of drug-likeness (QED) is 0.557. The molecular formula is C24H27N3O4. The van der Waals surface area contributed by atoms with Crippen LogP contribution >= 0.6 is 0 Å². The van der Waals surface area contributed by atoms with E-state index in [2.05, 4.69) is 22.3 Å². The zero-order valence-electron chi connectivity index (χ0n) is 18.3. The largest absolute Gasteiger partial charge is 0.493 e. The number of aromatic amines is 1. The molecule has 7 nitrogen and oxygen atoms in total. The molecule has 1 amide bonds. The van der Waals surface area contributed by atoms with Crippen LogP contribution in [0.2, 0.25) is 0 Å². The van der Waals surface area contributed by atoms with Crippen LogP contribution in [0.15, 0.2) is 42.5 Å². The van der Waals surface area contributed by atoms with Crippen LogP contribution in [-0.4, -0.2) is 55.5 Å². The Balaban J connectivity index is 1.83. The number of benzene rings is 2. The monoisotopic (exact) mass is 421 g/mol. The molecule has 1 unspecified atom stereocenters. The van der Waals surface area contributed by atoms with Crippen LogP contribution in [0.4, 0.5) is 0 Å². The highest BCUT2D eigenvalue weighted by molar-refractivity contribution is 6.00. The molecule has 1 aliphatic heterocycles. The number of methoxy groups -OCH3 is 3. The fraction of sp³-hybridized carbons (Fsp3) is 0.333. The summed E-state index contributed by atoms with van der Waals surface area (Å²) in [6, 6.07) is 13.7. The van der Waals surface area contributed by atoms with E-state index in [1.54, 1.807) is 21.3 Å². The zero-order valence-corrected chi connectivity index (χ0v) is 18.3. The van der Waals surface area contributed by atoms with E-state index < -0.39 is 0 Å². The lowest BCUT2D eigenvalue weighted by Crippen LogP contribution is -2.31. The van der Waals surface area contributed by atoms with Crippen LogP contribution in [0.3, 0.4) is 0 Å². The van der Waals surface area contributed by atoms with E-state index in [9.17, 15) is 4.79 Å². The minimum Gasteiger partial charge on any atom is -0.493 e. The average Bonchev–Trinajstić information content (AvgIpc) is 3.33. The van der Waals surface area contributed by atoms with E-state index in [0.29, 0.717) is 30.3 Å². The number of carbonyl (C=O) groups excluding carboxylic acids is 1. The highest BCUT2D eigenvalue weighted by Crippen LogP contribution is 2.44. The Morgan fingerprint density at radius 2 is 1.77 bits per heavy atom. The number of hydrogen-bond acceptors (Lipinski definition) is 5. The Kier molecular flexibility index (Phi) is 5.95. The van der Waals surface area contributed by atoms with Crippen molar-refractivity contribution >= 4 is 5.91 Å². The van der Waals surface area contributed by atoms with Crippen molar-refractivity contribution in [1.82, 2.24) is 15.1 Å². The lowest BCUT2D eigenvalue weighted by molar-refractivity contribution is 0.0723. The number of aryl methyl sites for hydroxylation is 1. The van der Waals surface area contributed by atoms with Crippen molar-refractivity contribution in [1.29, 1.82) is 0 Å². The predicted octanol–water partition coefficient (Wildman–Crippen LogP) is 3.98. The van der Waals surface area contributed by atoms with Gasteiger partial charge in [0.15, 0.2) is 11.5 Å². The molecule has 0 saturated carbocycles. The number of nitrogens with one attached hydrogen (secondary N) is 1. The third kappa shape index (κ3) is 3.77. The first-order valence-electron chi connectivity index (χ1n) is 10.3. The molecule has 0 radical (unpaired) electrons. The van der Waals surface area contributed by atoms with Crippen molar-refractivity contribution in [2.45, 2.75) is 19.4 Å². The van der Waals surface area contributed by atoms with E-state index >= 15 is 0 Å². The third-order valence-corrected chi connectivity index (χ3v) is 5.66. The molecular weight excluding hydrogens is 394 g/mol. The number of hydrogen-bond donors (Lipinski definition) is 1. The van der Waals surface area contributed by atoms with Crippen LogP contribution in [0.5, 0.6) is 11.5 Å². The number of ether oxygens (including phenoxy) is 3. The van der Waals surface area contributed by atoms with Gasteiger partial charge in [0.05, 0.1) is 26.0 Å². The highest BCUT2D eigenvalue weighted by atomic mass is 16.5. The van der Waals surface area contributed by atoms with Gasteiger partial charge in [-0.05, 0) is 31.0 Å². The molecule has 0 spiro atoms. The zero-order chi connectivity index (χ0) is 22.0. The smallest absolute Gasteiger partial charge is 0.273 e. The molecule has 162 valence electrons. The van der Waals surface area contributed by atoms with E-state index in [-0.39, 0.29) is 11.9 Å². The van der Waals surface area contributed by atoms with Gasteiger partial charge in [0, 0.05) is 31.4 Å². The van der Waals surface area contributed by atoms with Gasteiger partial charge in [0.2, 0.25) is 0 Å². The number of H-pyrrole nitrogens is 1. The van der Waals surface area contributed by atoms with Crippen LogP contribution in [0.1, 0.15) is 39.6 Å². The SMILES string of the molecule is COCCCN1C(=O)c2[nH]nc(-c3ccc(C)cc3)c2C1c1ccc(OC)c(OC)c1. The summed E-state index contributed by atoms with van der Waals surface area (Å²) in [6.45, 7) is 3.20. The first-order valence-corrected chi connectivity index (χ1v) is 10.3. The molecule has 7 heteroatoms. The van der Waals surface area contributed by atoms with Gasteiger partial charge < -0.3 is 19.1 Å². The van der Waals surface area contributed by atoms with Gasteiger partial charge in [-0.15, -0.1) is 0 Å². The minimum absolute atomic E-state index is 0.0586. The van der Waals surface area contributed by atoms with Crippen LogP contribution in [0.25, 0.3) is 11.3 Å². The Hall–Kier alpha value is -3.32. The second-order valence-corrected chi connectivity index (χ2v) is 7.59. The Bertz CT molecular complexity index is 1070. The lowest BCUT2D eigenvalue weighted by atomic mass is 9.95. The molecule has 0 aliphatic carbocycles. The molecule has 0 saturated heterocycles. The highest BCUT2D eigenvalue weighted by Gasteiger charge is 2.42. The molecule has 0 bridgehead atoms. The maximum Gasteiger partial charge on any atom is 0.273 e. The second-order valence-electron chi connectivity index (χ2n) is 7.59. The summed E-state index contributed by atoms with van der Waals surface area (Å²) in [6.07, 6.45) is 0.740. The molecule has 3 aromatic rings. The second kappa shape index (κ2) is 8.81. The molecule has 2 heterocycles. The fourth-order valence-electron chi connectivity index (χ4n) is 4.11. The van der Waals surface area contributed by atoms with Gasteiger partial charge in [0.25, 0.3) is 5.91 Å². The summed E-state index contributed by atoms with van der Waals surface area (Å²) in [5.41, 5.74) is 5.30.